The summed E-state index contributed by atoms with van der Waals surface area (Å²) in [6.45, 7) is 5.88. The van der Waals surface area contributed by atoms with Gasteiger partial charge in [-0.05, 0) is 32.2 Å². The standard InChI is InChI=1S/C14H27N3O3/c1-3-8-17-10-6-12(7-11-17)15-14(20)16(2)9-4-5-13(18)19/h12H,3-11H2,1-2H3,(H,15,20)(H,18,19). The maximum absolute atomic E-state index is 11.9. The molecule has 0 aromatic rings. The van der Waals surface area contributed by atoms with Crippen molar-refractivity contribution in [3.8, 4) is 0 Å². The van der Waals surface area contributed by atoms with Crippen LogP contribution in [0.4, 0.5) is 4.79 Å². The number of carbonyl (C=O) groups excluding carboxylic acids is 1. The number of hydrogen-bond donors (Lipinski definition) is 2. The molecule has 0 saturated carbocycles. The molecule has 6 heteroatoms. The molecular weight excluding hydrogens is 258 g/mol. The number of hydrogen-bond acceptors (Lipinski definition) is 3. The second kappa shape index (κ2) is 8.79. The zero-order chi connectivity index (χ0) is 15.0. The van der Waals surface area contributed by atoms with E-state index in [1.54, 1.807) is 11.9 Å². The Labute approximate surface area is 121 Å². The van der Waals surface area contributed by atoms with E-state index in [4.69, 9.17) is 5.11 Å². The molecule has 20 heavy (non-hydrogen) atoms. The second-order valence-corrected chi connectivity index (χ2v) is 5.48. The first-order valence-corrected chi connectivity index (χ1v) is 7.48. The summed E-state index contributed by atoms with van der Waals surface area (Å²) in [4.78, 5) is 26.4. The van der Waals surface area contributed by atoms with Gasteiger partial charge in [0.15, 0.2) is 0 Å². The number of nitrogens with one attached hydrogen (secondary N) is 1. The smallest absolute Gasteiger partial charge is 0.317 e. The van der Waals surface area contributed by atoms with E-state index in [9.17, 15) is 9.59 Å². The van der Waals surface area contributed by atoms with Gasteiger partial charge in [-0.25, -0.2) is 4.79 Å². The molecule has 1 aliphatic heterocycles. The van der Waals surface area contributed by atoms with Crippen molar-refractivity contribution in [1.29, 1.82) is 0 Å². The quantitative estimate of drug-likeness (QED) is 0.741. The molecule has 1 fully saturated rings. The topological polar surface area (TPSA) is 72.9 Å². The van der Waals surface area contributed by atoms with E-state index in [0.29, 0.717) is 13.0 Å². The number of carboxylic acids is 1. The van der Waals surface area contributed by atoms with E-state index < -0.39 is 5.97 Å². The minimum atomic E-state index is -0.817. The van der Waals surface area contributed by atoms with E-state index in [2.05, 4.69) is 17.1 Å². The molecule has 0 spiro atoms. The van der Waals surface area contributed by atoms with Gasteiger partial charge in [0.1, 0.15) is 0 Å². The van der Waals surface area contributed by atoms with Gasteiger partial charge < -0.3 is 20.2 Å². The van der Waals surface area contributed by atoms with E-state index >= 15 is 0 Å². The lowest BCUT2D eigenvalue weighted by Crippen LogP contribution is -2.48. The zero-order valence-corrected chi connectivity index (χ0v) is 12.6. The average molecular weight is 285 g/mol. The van der Waals surface area contributed by atoms with Crippen molar-refractivity contribution in [3.63, 3.8) is 0 Å². The molecule has 1 heterocycles. The fourth-order valence-corrected chi connectivity index (χ4v) is 2.47. The molecule has 6 nitrogen and oxygen atoms in total. The van der Waals surface area contributed by atoms with Gasteiger partial charge in [-0.15, -0.1) is 0 Å². The molecule has 0 bridgehead atoms. The molecule has 0 unspecified atom stereocenters. The van der Waals surface area contributed by atoms with Crippen LogP contribution in [-0.4, -0.2) is 66.2 Å². The third-order valence-corrected chi connectivity index (χ3v) is 3.69. The molecule has 2 N–H and O–H groups in total. The van der Waals surface area contributed by atoms with Gasteiger partial charge in [-0.1, -0.05) is 6.92 Å². The largest absolute Gasteiger partial charge is 0.481 e. The molecule has 0 aromatic carbocycles. The zero-order valence-electron chi connectivity index (χ0n) is 12.6. The Hall–Kier alpha value is -1.30. The van der Waals surface area contributed by atoms with Crippen molar-refractivity contribution in [2.45, 2.75) is 45.1 Å². The predicted octanol–water partition coefficient (Wildman–Crippen LogP) is 1.37. The minimum Gasteiger partial charge on any atom is -0.481 e. The first-order valence-electron chi connectivity index (χ1n) is 7.48. The van der Waals surface area contributed by atoms with E-state index in [1.165, 1.54) is 6.42 Å². The summed E-state index contributed by atoms with van der Waals surface area (Å²) in [5.74, 6) is -0.817. The number of nitrogens with zero attached hydrogens (tertiary/aromatic N) is 2. The number of urea groups is 1. The van der Waals surface area contributed by atoms with Crippen LogP contribution >= 0.6 is 0 Å². The molecule has 0 atom stereocenters. The molecule has 0 aromatic heterocycles. The van der Waals surface area contributed by atoms with Crippen LogP contribution in [0.15, 0.2) is 0 Å². The number of amides is 2. The number of carboxylic acid groups (broad SMARTS) is 1. The van der Waals surface area contributed by atoms with E-state index in [1.807, 2.05) is 0 Å². The highest BCUT2D eigenvalue weighted by atomic mass is 16.4. The lowest BCUT2D eigenvalue weighted by molar-refractivity contribution is -0.137. The Balaban J connectivity index is 2.20. The van der Waals surface area contributed by atoms with Gasteiger partial charge in [-0.2, -0.15) is 0 Å². The van der Waals surface area contributed by atoms with E-state index in [0.717, 1.165) is 32.5 Å². The first-order chi connectivity index (χ1) is 9.52. The fourth-order valence-electron chi connectivity index (χ4n) is 2.47. The average Bonchev–Trinajstić information content (AvgIpc) is 2.40. The third kappa shape index (κ3) is 6.23. The number of rotatable bonds is 7. The van der Waals surface area contributed by atoms with Crippen LogP contribution in [0.5, 0.6) is 0 Å². The second-order valence-electron chi connectivity index (χ2n) is 5.48. The molecule has 116 valence electrons. The molecule has 1 aliphatic rings. The molecule has 0 radical (unpaired) electrons. The van der Waals surface area contributed by atoms with Gasteiger partial charge in [0.05, 0.1) is 0 Å². The summed E-state index contributed by atoms with van der Waals surface area (Å²) in [5.41, 5.74) is 0. The molecule has 0 aliphatic carbocycles. The lowest BCUT2D eigenvalue weighted by Gasteiger charge is -2.33. The van der Waals surface area contributed by atoms with Gasteiger partial charge in [-0.3, -0.25) is 4.79 Å². The van der Waals surface area contributed by atoms with Gasteiger partial charge in [0.25, 0.3) is 0 Å². The number of carbonyl (C=O) groups is 2. The number of piperidine rings is 1. The molecule has 2 amide bonds. The summed E-state index contributed by atoms with van der Waals surface area (Å²) in [5, 5.41) is 11.6. The first kappa shape index (κ1) is 16.8. The lowest BCUT2D eigenvalue weighted by atomic mass is 10.1. The van der Waals surface area contributed by atoms with Crippen molar-refractivity contribution in [1.82, 2.24) is 15.1 Å². The van der Waals surface area contributed by atoms with Crippen molar-refractivity contribution in [3.05, 3.63) is 0 Å². The van der Waals surface area contributed by atoms with Gasteiger partial charge >= 0.3 is 12.0 Å². The predicted molar refractivity (Wildman–Crippen MR) is 77.8 cm³/mol. The fraction of sp³-hybridized carbons (Fsp3) is 0.857. The Morgan fingerprint density at radius 1 is 1.35 bits per heavy atom. The number of likely N-dealkylation sites (tertiary alicyclic amines) is 1. The SMILES string of the molecule is CCCN1CCC(NC(=O)N(C)CCCC(=O)O)CC1. The Kier molecular flexibility index (Phi) is 7.36. The molecule has 1 rings (SSSR count). The van der Waals surface area contributed by atoms with Crippen LogP contribution in [0, 0.1) is 0 Å². The van der Waals surface area contributed by atoms with Crippen LogP contribution < -0.4 is 5.32 Å². The minimum absolute atomic E-state index is 0.0932. The molecular formula is C14H27N3O3. The van der Waals surface area contributed by atoms with Crippen molar-refractivity contribution in [2.75, 3.05) is 33.2 Å². The van der Waals surface area contributed by atoms with E-state index in [-0.39, 0.29) is 18.5 Å². The summed E-state index contributed by atoms with van der Waals surface area (Å²) in [7, 11) is 1.71. The van der Waals surface area contributed by atoms with Crippen LogP contribution in [0.3, 0.4) is 0 Å². The van der Waals surface area contributed by atoms with Crippen LogP contribution in [-0.2, 0) is 4.79 Å². The Bertz CT molecular complexity index is 315. The summed E-state index contributed by atoms with van der Waals surface area (Å²) in [6, 6.07) is 0.155. The number of aliphatic carboxylic acids is 1. The summed E-state index contributed by atoms with van der Waals surface area (Å²) < 4.78 is 0. The Morgan fingerprint density at radius 3 is 2.55 bits per heavy atom. The van der Waals surface area contributed by atoms with Crippen LogP contribution in [0.1, 0.15) is 39.0 Å². The van der Waals surface area contributed by atoms with Crippen molar-refractivity contribution in [2.24, 2.45) is 0 Å². The monoisotopic (exact) mass is 285 g/mol. The highest BCUT2D eigenvalue weighted by molar-refractivity contribution is 5.74. The van der Waals surface area contributed by atoms with Crippen molar-refractivity contribution >= 4 is 12.0 Å². The van der Waals surface area contributed by atoms with Crippen LogP contribution in [0.2, 0.25) is 0 Å². The Morgan fingerprint density at radius 2 is 2.00 bits per heavy atom. The van der Waals surface area contributed by atoms with Crippen LogP contribution in [0.25, 0.3) is 0 Å². The summed E-state index contributed by atoms with van der Waals surface area (Å²) in [6.07, 6.45) is 3.76. The maximum atomic E-state index is 11.9. The highest BCUT2D eigenvalue weighted by Crippen LogP contribution is 2.11. The normalized spacial score (nSPS) is 16.9. The van der Waals surface area contributed by atoms with Gasteiger partial charge in [0.2, 0.25) is 0 Å². The van der Waals surface area contributed by atoms with Gasteiger partial charge in [0, 0.05) is 39.1 Å². The summed E-state index contributed by atoms with van der Waals surface area (Å²) >= 11 is 0. The highest BCUT2D eigenvalue weighted by Gasteiger charge is 2.21. The maximum Gasteiger partial charge on any atom is 0.317 e. The molecule has 1 saturated heterocycles. The third-order valence-electron chi connectivity index (χ3n) is 3.69. The van der Waals surface area contributed by atoms with Crippen molar-refractivity contribution < 1.29 is 14.7 Å².